The van der Waals surface area contributed by atoms with E-state index in [1.165, 1.54) is 12.1 Å². The molecule has 1 saturated heterocycles. The van der Waals surface area contributed by atoms with Gasteiger partial charge in [0, 0.05) is 38.9 Å². The van der Waals surface area contributed by atoms with Crippen molar-refractivity contribution in [3.05, 3.63) is 52.8 Å². The van der Waals surface area contributed by atoms with Gasteiger partial charge in [-0.1, -0.05) is 12.1 Å². The zero-order chi connectivity index (χ0) is 23.4. The Balaban J connectivity index is 0.00000274. The van der Waals surface area contributed by atoms with Crippen molar-refractivity contribution in [1.29, 1.82) is 0 Å². The summed E-state index contributed by atoms with van der Waals surface area (Å²) in [5.74, 6) is 3.46. The molecule has 1 saturated carbocycles. The van der Waals surface area contributed by atoms with Crippen molar-refractivity contribution in [1.82, 2.24) is 24.6 Å². The summed E-state index contributed by atoms with van der Waals surface area (Å²) in [4.78, 5) is 6.76. The number of benzene rings is 1. The van der Waals surface area contributed by atoms with Crippen molar-refractivity contribution in [3.8, 4) is 11.6 Å². The van der Waals surface area contributed by atoms with Crippen LogP contribution in [0.5, 0.6) is 0 Å². The van der Waals surface area contributed by atoms with Crippen LogP contribution in [0.25, 0.3) is 11.6 Å². The van der Waals surface area contributed by atoms with Gasteiger partial charge in [-0.15, -0.1) is 22.6 Å². The van der Waals surface area contributed by atoms with Gasteiger partial charge in [0.1, 0.15) is 5.82 Å². The van der Waals surface area contributed by atoms with Crippen LogP contribution in [0.1, 0.15) is 47.8 Å². The van der Waals surface area contributed by atoms with Crippen molar-refractivity contribution < 1.29 is 17.6 Å². The first-order chi connectivity index (χ1) is 15.7. The molecule has 3 heterocycles. The first-order valence-electron chi connectivity index (χ1n) is 11.4. The second-order valence-electron chi connectivity index (χ2n) is 9.47. The molecule has 0 N–H and O–H groups in total. The lowest BCUT2D eigenvalue weighted by atomic mass is 9.94. The van der Waals surface area contributed by atoms with Crippen LogP contribution in [0, 0.1) is 19.8 Å². The zero-order valence-electron chi connectivity index (χ0n) is 19.5. The molecule has 1 aliphatic carbocycles. The molecule has 10 heteroatoms. The van der Waals surface area contributed by atoms with E-state index < -0.39 is 11.7 Å². The molecule has 0 amide bonds. The highest BCUT2D eigenvalue weighted by atomic mass is 35.5. The van der Waals surface area contributed by atoms with E-state index in [2.05, 4.69) is 20.1 Å². The minimum absolute atomic E-state index is 0. The number of alkyl halides is 3. The smallest absolute Gasteiger partial charge is 0.416 e. The number of oxazole rings is 1. The molecular weight excluding hydrogens is 467 g/mol. The predicted octanol–water partition coefficient (Wildman–Crippen LogP) is 5.12. The lowest BCUT2D eigenvalue weighted by Gasteiger charge is -2.21. The van der Waals surface area contributed by atoms with Gasteiger partial charge >= 0.3 is 6.18 Å². The van der Waals surface area contributed by atoms with Gasteiger partial charge < -0.3 is 13.9 Å². The van der Waals surface area contributed by atoms with E-state index in [1.54, 1.807) is 12.1 Å². The molecule has 0 radical (unpaired) electrons. The van der Waals surface area contributed by atoms with Crippen molar-refractivity contribution in [2.24, 2.45) is 13.0 Å². The Morgan fingerprint density at radius 1 is 1.12 bits per heavy atom. The largest absolute Gasteiger partial charge is 0.437 e. The fourth-order valence-electron chi connectivity index (χ4n) is 5.33. The molecule has 2 aromatic heterocycles. The highest BCUT2D eigenvalue weighted by Crippen LogP contribution is 2.59. The summed E-state index contributed by atoms with van der Waals surface area (Å²) in [6.45, 7) is 6.67. The minimum atomic E-state index is -4.28. The highest BCUT2D eigenvalue weighted by Gasteiger charge is 2.60. The van der Waals surface area contributed by atoms with E-state index in [0.717, 1.165) is 62.4 Å². The lowest BCUT2D eigenvalue weighted by molar-refractivity contribution is -0.137. The number of aromatic nitrogens is 4. The van der Waals surface area contributed by atoms with Gasteiger partial charge in [-0.3, -0.25) is 0 Å². The van der Waals surface area contributed by atoms with Gasteiger partial charge in [-0.05, 0) is 56.3 Å². The Hall–Kier alpha value is -2.39. The summed E-state index contributed by atoms with van der Waals surface area (Å²) in [5.41, 5.74) is 1.34. The van der Waals surface area contributed by atoms with E-state index in [0.29, 0.717) is 23.4 Å². The third-order valence-corrected chi connectivity index (χ3v) is 7.20. The van der Waals surface area contributed by atoms with Gasteiger partial charge in [0.2, 0.25) is 5.82 Å². The SMILES string of the molecule is Cc1nc(C)c(-c2nnc(CCCCN3C[C@@H]4C[C@]4(c4ccc(C(F)(F)F)cc4)C3)n2C)o1.Cl. The van der Waals surface area contributed by atoms with Crippen LogP contribution in [0.15, 0.2) is 28.7 Å². The number of hydrogen-bond donors (Lipinski definition) is 0. The Labute approximate surface area is 203 Å². The number of piperidine rings is 1. The molecule has 2 atom stereocenters. The summed E-state index contributed by atoms with van der Waals surface area (Å²) in [7, 11) is 1.95. The standard InChI is InChI=1S/C24H28F3N5O.ClH/c1-15-21(33-16(2)28-15)22-30-29-20(31(22)3)6-4-5-11-32-13-19-12-23(19,14-32)17-7-9-18(10-8-17)24(25,26)27;/h7-10,19H,4-6,11-14H2,1-3H3;1H/t19-,23+;/m0./s1. The molecule has 6 nitrogen and oxygen atoms in total. The molecule has 2 fully saturated rings. The normalized spacial score (nSPS) is 22.0. The van der Waals surface area contributed by atoms with Crippen molar-refractivity contribution in [3.63, 3.8) is 0 Å². The number of nitrogens with zero attached hydrogens (tertiary/aromatic N) is 5. The van der Waals surface area contributed by atoms with Gasteiger partial charge in [0.05, 0.1) is 11.3 Å². The molecule has 184 valence electrons. The van der Waals surface area contributed by atoms with Crippen LogP contribution in [0.4, 0.5) is 13.2 Å². The number of rotatable bonds is 7. The quantitative estimate of drug-likeness (QED) is 0.426. The molecule has 2 aliphatic rings. The van der Waals surface area contributed by atoms with Crippen LogP contribution >= 0.6 is 12.4 Å². The first kappa shape index (κ1) is 24.7. The monoisotopic (exact) mass is 495 g/mol. The van der Waals surface area contributed by atoms with Crippen molar-refractivity contribution >= 4 is 12.4 Å². The molecular formula is C24H29ClF3N5O. The predicted molar refractivity (Wildman–Crippen MR) is 124 cm³/mol. The van der Waals surface area contributed by atoms with Crippen LogP contribution < -0.4 is 0 Å². The second kappa shape index (κ2) is 9.00. The Morgan fingerprint density at radius 3 is 2.50 bits per heavy atom. The molecule has 0 unspecified atom stereocenters. The van der Waals surface area contributed by atoms with E-state index in [9.17, 15) is 13.2 Å². The summed E-state index contributed by atoms with van der Waals surface area (Å²) in [5, 5.41) is 8.63. The molecule has 1 aromatic carbocycles. The van der Waals surface area contributed by atoms with E-state index >= 15 is 0 Å². The van der Waals surface area contributed by atoms with Crippen LogP contribution in [-0.2, 0) is 25.1 Å². The maximum atomic E-state index is 12.9. The first-order valence-corrected chi connectivity index (χ1v) is 11.4. The Kier molecular flexibility index (Phi) is 6.54. The molecule has 1 aliphatic heterocycles. The maximum Gasteiger partial charge on any atom is 0.416 e. The average Bonchev–Trinajstić information content (AvgIpc) is 3.00. The van der Waals surface area contributed by atoms with Crippen molar-refractivity contribution in [2.45, 2.75) is 51.1 Å². The third kappa shape index (κ3) is 4.47. The molecule has 34 heavy (non-hydrogen) atoms. The highest BCUT2D eigenvalue weighted by molar-refractivity contribution is 5.85. The fraction of sp³-hybridized carbons (Fsp3) is 0.542. The lowest BCUT2D eigenvalue weighted by Crippen LogP contribution is -2.27. The Bertz CT molecular complexity index is 1160. The van der Waals surface area contributed by atoms with Crippen LogP contribution in [-0.4, -0.2) is 44.3 Å². The molecule has 0 bridgehead atoms. The Morgan fingerprint density at radius 2 is 1.85 bits per heavy atom. The van der Waals surface area contributed by atoms with Gasteiger partial charge in [0.25, 0.3) is 0 Å². The summed E-state index contributed by atoms with van der Waals surface area (Å²) in [6.07, 6.45) is -0.335. The third-order valence-electron chi connectivity index (χ3n) is 7.20. The van der Waals surface area contributed by atoms with Gasteiger partial charge in [-0.25, -0.2) is 4.98 Å². The van der Waals surface area contributed by atoms with Crippen molar-refractivity contribution in [2.75, 3.05) is 19.6 Å². The average molecular weight is 496 g/mol. The number of fused-ring (bicyclic) bond motifs is 1. The van der Waals surface area contributed by atoms with E-state index in [-0.39, 0.29) is 17.8 Å². The van der Waals surface area contributed by atoms with E-state index in [1.807, 2.05) is 25.5 Å². The molecule has 0 spiro atoms. The van der Waals surface area contributed by atoms with Crippen LogP contribution in [0.3, 0.4) is 0 Å². The summed E-state index contributed by atoms with van der Waals surface area (Å²) in [6, 6.07) is 5.79. The van der Waals surface area contributed by atoms with Crippen LogP contribution in [0.2, 0.25) is 0 Å². The number of hydrogen-bond acceptors (Lipinski definition) is 5. The summed E-state index contributed by atoms with van der Waals surface area (Å²) >= 11 is 0. The summed E-state index contributed by atoms with van der Waals surface area (Å²) < 4.78 is 46.2. The number of halogens is 4. The number of likely N-dealkylation sites (tertiary alicyclic amines) is 1. The maximum absolute atomic E-state index is 12.9. The zero-order valence-corrected chi connectivity index (χ0v) is 20.3. The number of aryl methyl sites for hydroxylation is 3. The molecule has 3 aromatic rings. The second-order valence-corrected chi connectivity index (χ2v) is 9.47. The fourth-order valence-corrected chi connectivity index (χ4v) is 5.33. The topological polar surface area (TPSA) is 60.0 Å². The van der Waals surface area contributed by atoms with E-state index in [4.69, 9.17) is 4.42 Å². The van der Waals surface area contributed by atoms with Gasteiger partial charge in [0.15, 0.2) is 11.7 Å². The minimum Gasteiger partial charge on any atom is -0.437 e. The van der Waals surface area contributed by atoms with Gasteiger partial charge in [-0.2, -0.15) is 13.2 Å². The number of unbranched alkanes of at least 4 members (excludes halogenated alkanes) is 1. The molecule has 5 rings (SSSR count).